The van der Waals surface area contributed by atoms with Crippen molar-refractivity contribution in [2.45, 2.75) is 6.42 Å². The number of methoxy groups -OCH3 is 1. The van der Waals surface area contributed by atoms with Gasteiger partial charge < -0.3 is 4.74 Å². The number of amidine groups is 1. The highest BCUT2D eigenvalue weighted by Crippen LogP contribution is 2.19. The van der Waals surface area contributed by atoms with Gasteiger partial charge in [-0.1, -0.05) is 0 Å². The summed E-state index contributed by atoms with van der Waals surface area (Å²) < 4.78 is 4.50. The average Bonchev–Trinajstić information content (AvgIpc) is 2.83. The number of hydrogen-bond donors (Lipinski definition) is 2. The standard InChI is InChI=1S/C10H12N6O4/c1-15-13-9(12-14-15)4-7-8(16(18)19)3-6(5-11-7)10(17)20-2/h3,5,14H,4H2,1-2H3,(H,12,13). The monoisotopic (exact) mass is 280 g/mol. The number of esters is 1. The number of nitro groups is 1. The lowest BCUT2D eigenvalue weighted by Crippen LogP contribution is -2.38. The van der Waals surface area contributed by atoms with Crippen molar-refractivity contribution in [2.24, 2.45) is 5.10 Å². The highest BCUT2D eigenvalue weighted by atomic mass is 16.6. The van der Waals surface area contributed by atoms with E-state index < -0.39 is 10.9 Å². The quantitative estimate of drug-likeness (QED) is 0.433. The van der Waals surface area contributed by atoms with Crippen LogP contribution in [0.5, 0.6) is 0 Å². The summed E-state index contributed by atoms with van der Waals surface area (Å²) in [5.74, 6) is -0.196. The van der Waals surface area contributed by atoms with Crippen LogP contribution in [0, 0.1) is 10.1 Å². The number of ether oxygens (including phenoxy) is 1. The van der Waals surface area contributed by atoms with Gasteiger partial charge in [-0.3, -0.25) is 20.5 Å². The van der Waals surface area contributed by atoms with E-state index in [1.165, 1.54) is 18.4 Å². The number of pyridine rings is 1. The molecule has 0 unspecified atom stereocenters. The highest BCUT2D eigenvalue weighted by molar-refractivity contribution is 5.90. The Kier molecular flexibility index (Phi) is 3.75. The summed E-state index contributed by atoms with van der Waals surface area (Å²) in [6.45, 7) is 0. The second kappa shape index (κ2) is 5.48. The van der Waals surface area contributed by atoms with Crippen LogP contribution in [0.25, 0.3) is 0 Å². The molecule has 0 saturated heterocycles. The molecule has 0 spiro atoms. The van der Waals surface area contributed by atoms with Crippen molar-refractivity contribution in [2.75, 3.05) is 14.2 Å². The van der Waals surface area contributed by atoms with Crippen molar-refractivity contribution in [3.63, 3.8) is 0 Å². The normalized spacial score (nSPS) is 14.2. The smallest absolute Gasteiger partial charge is 0.339 e. The molecule has 0 atom stereocenters. The van der Waals surface area contributed by atoms with Crippen LogP contribution in [-0.4, -0.2) is 41.0 Å². The van der Waals surface area contributed by atoms with E-state index in [0.717, 1.165) is 6.07 Å². The number of hydrazine groups is 2. The van der Waals surface area contributed by atoms with Crippen molar-refractivity contribution in [3.8, 4) is 0 Å². The summed E-state index contributed by atoms with van der Waals surface area (Å²) in [7, 11) is 2.89. The van der Waals surface area contributed by atoms with Gasteiger partial charge in [-0.15, -0.1) is 10.2 Å². The average molecular weight is 280 g/mol. The van der Waals surface area contributed by atoms with Gasteiger partial charge in [0.2, 0.25) is 0 Å². The van der Waals surface area contributed by atoms with Gasteiger partial charge >= 0.3 is 5.97 Å². The Hall–Kier alpha value is -2.75. The zero-order valence-electron chi connectivity index (χ0n) is 10.8. The molecule has 1 aliphatic rings. The van der Waals surface area contributed by atoms with Gasteiger partial charge in [-0.25, -0.2) is 10.3 Å². The second-order valence-corrected chi connectivity index (χ2v) is 3.94. The molecule has 0 radical (unpaired) electrons. The Morgan fingerprint density at radius 1 is 1.60 bits per heavy atom. The van der Waals surface area contributed by atoms with E-state index in [0.29, 0.717) is 5.84 Å². The molecule has 2 heterocycles. The third-order valence-corrected chi connectivity index (χ3v) is 2.53. The zero-order valence-corrected chi connectivity index (χ0v) is 10.8. The third-order valence-electron chi connectivity index (χ3n) is 2.53. The van der Waals surface area contributed by atoms with Crippen LogP contribution >= 0.6 is 0 Å². The predicted octanol–water partition coefficient (Wildman–Crippen LogP) is -0.413. The number of hydrazone groups is 1. The van der Waals surface area contributed by atoms with Crippen molar-refractivity contribution < 1.29 is 14.5 Å². The molecule has 10 heteroatoms. The van der Waals surface area contributed by atoms with Crippen LogP contribution < -0.4 is 11.0 Å². The fourth-order valence-electron chi connectivity index (χ4n) is 1.62. The van der Waals surface area contributed by atoms with E-state index >= 15 is 0 Å². The molecule has 1 aromatic heterocycles. The number of rotatable bonds is 4. The van der Waals surface area contributed by atoms with E-state index in [2.05, 4.69) is 25.8 Å². The number of hydrogen-bond acceptors (Lipinski definition) is 9. The van der Waals surface area contributed by atoms with Gasteiger partial charge in [0, 0.05) is 19.3 Å². The van der Waals surface area contributed by atoms with Crippen LogP contribution in [0.4, 0.5) is 5.69 Å². The molecule has 0 amide bonds. The van der Waals surface area contributed by atoms with Gasteiger partial charge in [0.15, 0.2) is 0 Å². The Labute approximate surface area is 113 Å². The molecule has 2 N–H and O–H groups in total. The lowest BCUT2D eigenvalue weighted by Gasteiger charge is -2.08. The molecule has 10 nitrogen and oxygen atoms in total. The second-order valence-electron chi connectivity index (χ2n) is 3.94. The zero-order chi connectivity index (χ0) is 14.7. The summed E-state index contributed by atoms with van der Waals surface area (Å²) in [6, 6.07) is 1.14. The van der Waals surface area contributed by atoms with Crippen molar-refractivity contribution in [1.29, 1.82) is 0 Å². The third kappa shape index (κ3) is 2.80. The van der Waals surface area contributed by atoms with Gasteiger partial charge in [-0.05, 0) is 0 Å². The molecular weight excluding hydrogens is 268 g/mol. The Morgan fingerprint density at radius 2 is 2.35 bits per heavy atom. The first-order valence-electron chi connectivity index (χ1n) is 5.55. The lowest BCUT2D eigenvalue weighted by atomic mass is 10.1. The Morgan fingerprint density at radius 3 is 2.90 bits per heavy atom. The number of nitrogens with zero attached hydrogens (tertiary/aromatic N) is 4. The van der Waals surface area contributed by atoms with E-state index in [1.54, 1.807) is 7.05 Å². The van der Waals surface area contributed by atoms with E-state index in [-0.39, 0.29) is 23.4 Å². The number of carbonyl (C=O) groups is 1. The molecule has 20 heavy (non-hydrogen) atoms. The summed E-state index contributed by atoms with van der Waals surface area (Å²) in [6.07, 6.45) is 1.37. The first kappa shape index (κ1) is 13.7. The summed E-state index contributed by atoms with van der Waals surface area (Å²) in [4.78, 5) is 25.8. The molecule has 0 aliphatic carbocycles. The molecule has 106 valence electrons. The minimum atomic E-state index is -0.676. The maximum atomic E-state index is 11.3. The largest absolute Gasteiger partial charge is 0.465 e. The Bertz CT molecular complexity index is 587. The van der Waals surface area contributed by atoms with Crippen molar-refractivity contribution in [3.05, 3.63) is 33.6 Å². The maximum Gasteiger partial charge on any atom is 0.339 e. The SMILES string of the molecule is COC(=O)c1cnc(CC2=NNN(C)N2)c([N+](=O)[O-])c1. The molecule has 0 fully saturated rings. The first-order chi connectivity index (χ1) is 9.51. The van der Waals surface area contributed by atoms with Crippen LogP contribution in [0.3, 0.4) is 0 Å². The molecule has 0 bridgehead atoms. The topological polar surface area (TPSA) is 122 Å². The van der Waals surface area contributed by atoms with Crippen LogP contribution in [0.1, 0.15) is 16.1 Å². The Balaban J connectivity index is 2.28. The summed E-state index contributed by atoms with van der Waals surface area (Å²) in [5, 5.41) is 16.5. The van der Waals surface area contributed by atoms with Crippen LogP contribution in [0.2, 0.25) is 0 Å². The van der Waals surface area contributed by atoms with Gasteiger partial charge in [0.1, 0.15) is 11.5 Å². The number of aromatic nitrogens is 1. The molecule has 1 aliphatic heterocycles. The predicted molar refractivity (Wildman–Crippen MR) is 67.4 cm³/mol. The van der Waals surface area contributed by atoms with Crippen molar-refractivity contribution in [1.82, 2.24) is 21.1 Å². The van der Waals surface area contributed by atoms with E-state index in [4.69, 9.17) is 0 Å². The minimum Gasteiger partial charge on any atom is -0.465 e. The van der Waals surface area contributed by atoms with Gasteiger partial charge in [0.25, 0.3) is 5.69 Å². The molecule has 1 aromatic rings. The van der Waals surface area contributed by atoms with Gasteiger partial charge in [-0.2, -0.15) is 0 Å². The van der Waals surface area contributed by atoms with Gasteiger partial charge in [0.05, 0.1) is 24.0 Å². The fraction of sp³-hybridized carbons (Fsp3) is 0.300. The number of carbonyl (C=O) groups excluding carboxylic acids is 1. The molecule has 0 aromatic carbocycles. The highest BCUT2D eigenvalue weighted by Gasteiger charge is 2.22. The van der Waals surface area contributed by atoms with Crippen LogP contribution in [0.15, 0.2) is 17.4 Å². The van der Waals surface area contributed by atoms with Crippen molar-refractivity contribution >= 4 is 17.5 Å². The summed E-state index contributed by atoms with van der Waals surface area (Å²) >= 11 is 0. The minimum absolute atomic E-state index is 0.0273. The van der Waals surface area contributed by atoms with Crippen LogP contribution in [-0.2, 0) is 11.2 Å². The maximum absolute atomic E-state index is 11.3. The molecular formula is C10H12N6O4. The van der Waals surface area contributed by atoms with E-state index in [1.807, 2.05) is 0 Å². The number of nitrogens with one attached hydrogen (secondary N) is 2. The summed E-state index contributed by atoms with van der Waals surface area (Å²) in [5.41, 5.74) is 5.42. The first-order valence-corrected chi connectivity index (χ1v) is 5.55. The molecule has 2 rings (SSSR count). The fourth-order valence-corrected chi connectivity index (χ4v) is 1.62. The lowest BCUT2D eigenvalue weighted by molar-refractivity contribution is -0.385. The van der Waals surface area contributed by atoms with E-state index in [9.17, 15) is 14.9 Å². The molecule has 0 saturated carbocycles.